The van der Waals surface area contributed by atoms with Crippen LogP contribution >= 0.6 is 7.80 Å². The molecule has 1 atom stereocenters. The summed E-state index contributed by atoms with van der Waals surface area (Å²) in [5.41, 5.74) is 0.307. The molecule has 0 aliphatic rings. The average molecular weight is 310 g/mol. The first-order valence-electron chi connectivity index (χ1n) is 6.35. The molecule has 1 rings (SSSR count). The fourth-order valence-corrected chi connectivity index (χ4v) is 1.93. The van der Waals surface area contributed by atoms with Crippen molar-refractivity contribution in [1.29, 1.82) is 0 Å². The standard InChI is InChI=1S/C14H16NO5P/c1-2-20-14(18)12(8-9-21(19)10-16)15-13(17)11-6-4-3-5-7-11/h3-8,16H,2,9-10H2,1H3/p+1/b12-8-. The molecule has 6 nitrogen and oxygen atoms in total. The molecular weight excluding hydrogens is 293 g/mol. The Bertz CT molecular complexity index is 542. The van der Waals surface area contributed by atoms with Gasteiger partial charge in [0.15, 0.2) is 6.16 Å². The van der Waals surface area contributed by atoms with E-state index < -0.39 is 26.0 Å². The third kappa shape index (κ3) is 5.85. The van der Waals surface area contributed by atoms with Crippen molar-refractivity contribution in [3.63, 3.8) is 0 Å². The van der Waals surface area contributed by atoms with Crippen molar-refractivity contribution in [1.82, 2.24) is 5.32 Å². The van der Waals surface area contributed by atoms with Crippen molar-refractivity contribution >= 4 is 19.7 Å². The number of carbonyl (C=O) groups is 2. The molecule has 0 spiro atoms. The number of amides is 1. The second-order valence-electron chi connectivity index (χ2n) is 3.96. The van der Waals surface area contributed by atoms with Crippen LogP contribution in [0.3, 0.4) is 0 Å². The van der Waals surface area contributed by atoms with Crippen molar-refractivity contribution in [2.45, 2.75) is 6.92 Å². The summed E-state index contributed by atoms with van der Waals surface area (Å²) in [7, 11) is -1.85. The van der Waals surface area contributed by atoms with Crippen LogP contribution < -0.4 is 5.32 Å². The molecule has 1 aromatic carbocycles. The Balaban J connectivity index is 2.84. The topological polar surface area (TPSA) is 92.7 Å². The Morgan fingerprint density at radius 1 is 1.33 bits per heavy atom. The van der Waals surface area contributed by atoms with E-state index in [1.807, 2.05) is 0 Å². The lowest BCUT2D eigenvalue weighted by Gasteiger charge is -2.08. The SMILES string of the molecule is CCOC(=O)/C(=C/C[P+](=O)CO)NC(=O)c1ccccc1. The van der Waals surface area contributed by atoms with Crippen molar-refractivity contribution in [2.75, 3.05) is 19.1 Å². The Morgan fingerprint density at radius 3 is 2.57 bits per heavy atom. The first-order valence-corrected chi connectivity index (χ1v) is 7.98. The highest BCUT2D eigenvalue weighted by Crippen LogP contribution is 2.18. The number of ether oxygens (including phenoxy) is 1. The lowest BCUT2D eigenvalue weighted by Crippen LogP contribution is -2.28. The lowest BCUT2D eigenvalue weighted by atomic mass is 10.2. The third-order valence-corrected chi connectivity index (χ3v) is 3.34. The van der Waals surface area contributed by atoms with E-state index in [0.717, 1.165) is 0 Å². The zero-order chi connectivity index (χ0) is 15.7. The Labute approximate surface area is 123 Å². The molecule has 0 saturated heterocycles. The van der Waals surface area contributed by atoms with Crippen LogP contribution in [0, 0.1) is 0 Å². The third-order valence-electron chi connectivity index (χ3n) is 2.44. The number of allylic oxidation sites excluding steroid dienone is 1. The number of aliphatic hydroxyl groups is 1. The fourth-order valence-electron chi connectivity index (χ4n) is 1.43. The highest BCUT2D eigenvalue weighted by molar-refractivity contribution is 7.44. The number of rotatable bonds is 7. The van der Waals surface area contributed by atoms with Crippen LogP contribution in [0.2, 0.25) is 0 Å². The van der Waals surface area contributed by atoms with Crippen LogP contribution in [0.15, 0.2) is 42.1 Å². The van der Waals surface area contributed by atoms with Gasteiger partial charge in [-0.3, -0.25) is 4.79 Å². The van der Waals surface area contributed by atoms with E-state index in [-0.39, 0.29) is 18.5 Å². The van der Waals surface area contributed by atoms with Gasteiger partial charge in [0, 0.05) is 5.56 Å². The van der Waals surface area contributed by atoms with Gasteiger partial charge in [-0.05, 0) is 25.1 Å². The number of carbonyl (C=O) groups excluding carboxylic acids is 2. The first kappa shape index (κ1) is 17.0. The van der Waals surface area contributed by atoms with Crippen LogP contribution in [-0.4, -0.2) is 36.1 Å². The van der Waals surface area contributed by atoms with Crippen LogP contribution in [-0.2, 0) is 14.1 Å². The molecule has 0 aromatic heterocycles. The summed E-state index contributed by atoms with van der Waals surface area (Å²) in [5.74, 6) is -1.17. The van der Waals surface area contributed by atoms with Crippen LogP contribution in [0.5, 0.6) is 0 Å². The molecule has 0 aliphatic heterocycles. The highest BCUT2D eigenvalue weighted by Gasteiger charge is 2.18. The zero-order valence-electron chi connectivity index (χ0n) is 11.6. The van der Waals surface area contributed by atoms with E-state index in [0.29, 0.717) is 5.56 Å². The van der Waals surface area contributed by atoms with Gasteiger partial charge in [0.2, 0.25) is 6.35 Å². The molecule has 1 amide bonds. The van der Waals surface area contributed by atoms with Crippen molar-refractivity contribution in [2.24, 2.45) is 0 Å². The Hall–Kier alpha value is -2.04. The second kappa shape index (κ2) is 9.00. The molecule has 1 unspecified atom stereocenters. The van der Waals surface area contributed by atoms with Crippen molar-refractivity contribution < 1.29 is 24.0 Å². The molecule has 0 radical (unpaired) electrons. The molecule has 0 aliphatic carbocycles. The first-order chi connectivity index (χ1) is 10.1. The molecule has 0 bridgehead atoms. The molecule has 112 valence electrons. The maximum Gasteiger partial charge on any atom is 0.370 e. The molecule has 21 heavy (non-hydrogen) atoms. The van der Waals surface area contributed by atoms with Gasteiger partial charge in [-0.2, -0.15) is 0 Å². The largest absolute Gasteiger partial charge is 0.461 e. The minimum Gasteiger partial charge on any atom is -0.461 e. The van der Waals surface area contributed by atoms with Gasteiger partial charge in [0.05, 0.1) is 6.61 Å². The molecule has 2 N–H and O–H groups in total. The van der Waals surface area contributed by atoms with Gasteiger partial charge >= 0.3 is 13.8 Å². The lowest BCUT2D eigenvalue weighted by molar-refractivity contribution is -0.138. The highest BCUT2D eigenvalue weighted by atomic mass is 31.1. The minimum absolute atomic E-state index is 0.0188. The second-order valence-corrected chi connectivity index (χ2v) is 5.58. The van der Waals surface area contributed by atoms with Gasteiger partial charge in [-0.15, -0.1) is 0 Å². The van der Waals surface area contributed by atoms with Crippen LogP contribution in [0.4, 0.5) is 0 Å². The fraction of sp³-hybridized carbons (Fsp3) is 0.286. The van der Waals surface area contributed by atoms with E-state index in [9.17, 15) is 14.2 Å². The zero-order valence-corrected chi connectivity index (χ0v) is 12.5. The molecule has 0 fully saturated rings. The Morgan fingerprint density at radius 2 is 2.00 bits per heavy atom. The summed E-state index contributed by atoms with van der Waals surface area (Å²) in [6, 6.07) is 8.38. The van der Waals surface area contributed by atoms with E-state index in [4.69, 9.17) is 9.84 Å². The van der Waals surface area contributed by atoms with Gasteiger partial charge in [-0.25, -0.2) is 4.79 Å². The quantitative estimate of drug-likeness (QED) is 0.454. The summed E-state index contributed by atoms with van der Waals surface area (Å²) in [5, 5.41) is 11.2. The normalized spacial score (nSPS) is 11.7. The summed E-state index contributed by atoms with van der Waals surface area (Å²) in [4.78, 5) is 23.7. The van der Waals surface area contributed by atoms with Crippen molar-refractivity contribution in [3.05, 3.63) is 47.7 Å². The number of nitrogens with one attached hydrogen (secondary N) is 1. The van der Waals surface area contributed by atoms with Gasteiger partial charge in [-0.1, -0.05) is 22.8 Å². The van der Waals surface area contributed by atoms with E-state index in [1.165, 1.54) is 6.08 Å². The summed E-state index contributed by atoms with van der Waals surface area (Å²) in [6.07, 6.45) is 0.803. The summed E-state index contributed by atoms with van der Waals surface area (Å²) < 4.78 is 16.1. The van der Waals surface area contributed by atoms with E-state index in [1.54, 1.807) is 37.3 Å². The average Bonchev–Trinajstić information content (AvgIpc) is 2.51. The van der Waals surface area contributed by atoms with Crippen molar-refractivity contribution in [3.8, 4) is 0 Å². The van der Waals surface area contributed by atoms with Crippen LogP contribution in [0.25, 0.3) is 0 Å². The predicted octanol–water partition coefficient (Wildman–Crippen LogP) is 1.64. The number of benzene rings is 1. The molecule has 1 aromatic rings. The minimum atomic E-state index is -1.85. The van der Waals surface area contributed by atoms with Crippen LogP contribution in [0.1, 0.15) is 17.3 Å². The predicted molar refractivity (Wildman–Crippen MR) is 78.2 cm³/mol. The maximum absolute atomic E-state index is 12.0. The maximum atomic E-state index is 12.0. The van der Waals surface area contributed by atoms with Gasteiger partial charge < -0.3 is 15.2 Å². The molecule has 0 saturated carbocycles. The van der Waals surface area contributed by atoms with Gasteiger partial charge in [0.25, 0.3) is 5.91 Å². The van der Waals surface area contributed by atoms with Gasteiger partial charge in [0.1, 0.15) is 5.70 Å². The monoisotopic (exact) mass is 310 g/mol. The molecular formula is C14H17NO5P+. The number of esters is 1. The summed E-state index contributed by atoms with van der Waals surface area (Å²) in [6.45, 7) is 1.80. The number of hydrogen-bond donors (Lipinski definition) is 2. The molecule has 7 heteroatoms. The molecule has 0 heterocycles. The van der Waals surface area contributed by atoms with E-state index >= 15 is 0 Å². The summed E-state index contributed by atoms with van der Waals surface area (Å²) >= 11 is 0. The smallest absolute Gasteiger partial charge is 0.370 e. The number of hydrogen-bond acceptors (Lipinski definition) is 5. The van der Waals surface area contributed by atoms with E-state index in [2.05, 4.69) is 5.32 Å². The Kier molecular flexibility index (Phi) is 7.29. The number of aliphatic hydroxyl groups excluding tert-OH is 1.